The third-order valence-corrected chi connectivity index (χ3v) is 5.04. The summed E-state index contributed by atoms with van der Waals surface area (Å²) in [6.07, 6.45) is 5.52. The van der Waals surface area contributed by atoms with E-state index >= 15 is 0 Å². The minimum atomic E-state index is -0.310. The van der Waals surface area contributed by atoms with Gasteiger partial charge in [0.2, 0.25) is 11.8 Å². The highest BCUT2D eigenvalue weighted by Crippen LogP contribution is 2.60. The highest BCUT2D eigenvalue weighted by molar-refractivity contribution is 5.85. The molecule has 2 aliphatic rings. The van der Waals surface area contributed by atoms with Crippen molar-refractivity contribution >= 4 is 11.8 Å². The molecule has 2 fully saturated rings. The van der Waals surface area contributed by atoms with E-state index in [1.165, 1.54) is 5.57 Å². The number of likely N-dealkylation sites (tertiary alicyclic amines) is 1. The molecular weight excluding hydrogens is 264 g/mol. The fourth-order valence-corrected chi connectivity index (χ4v) is 3.73. The highest BCUT2D eigenvalue weighted by atomic mass is 16.2. The molecule has 1 aliphatic heterocycles. The van der Waals surface area contributed by atoms with Crippen molar-refractivity contribution in [1.29, 1.82) is 0 Å². The zero-order chi connectivity index (χ0) is 15.8. The molecule has 4 heteroatoms. The molecule has 0 unspecified atom stereocenters. The van der Waals surface area contributed by atoms with Crippen molar-refractivity contribution < 1.29 is 9.59 Å². The van der Waals surface area contributed by atoms with E-state index in [4.69, 9.17) is 5.73 Å². The summed E-state index contributed by atoms with van der Waals surface area (Å²) in [6, 6.07) is 0.00695. The Bertz CT molecular complexity index is 463. The van der Waals surface area contributed by atoms with E-state index in [1.807, 2.05) is 4.90 Å². The molecule has 2 rings (SSSR count). The van der Waals surface area contributed by atoms with Gasteiger partial charge >= 0.3 is 0 Å². The maximum atomic E-state index is 12.9. The van der Waals surface area contributed by atoms with Crippen LogP contribution in [0.1, 0.15) is 53.4 Å². The van der Waals surface area contributed by atoms with Crippen LogP contribution >= 0.6 is 0 Å². The Labute approximate surface area is 127 Å². The van der Waals surface area contributed by atoms with Crippen LogP contribution in [0.2, 0.25) is 0 Å². The lowest BCUT2D eigenvalue weighted by molar-refractivity contribution is -0.138. The van der Waals surface area contributed by atoms with Crippen LogP contribution in [0.5, 0.6) is 0 Å². The Hall–Kier alpha value is -1.32. The van der Waals surface area contributed by atoms with Crippen LogP contribution in [0.15, 0.2) is 11.6 Å². The zero-order valence-electron chi connectivity index (χ0n) is 13.7. The fraction of sp³-hybridized carbons (Fsp3) is 0.765. The number of nitrogens with zero attached hydrogens (tertiary/aromatic N) is 1. The van der Waals surface area contributed by atoms with Crippen molar-refractivity contribution in [3.05, 3.63) is 11.6 Å². The Morgan fingerprint density at radius 2 is 1.95 bits per heavy atom. The second kappa shape index (κ2) is 5.82. The normalized spacial score (nSPS) is 30.7. The van der Waals surface area contributed by atoms with Gasteiger partial charge in [-0.3, -0.25) is 9.59 Å². The van der Waals surface area contributed by atoms with E-state index in [-0.39, 0.29) is 29.2 Å². The number of piperidine rings is 1. The number of carbonyl (C=O) groups is 2. The predicted octanol–water partition coefficient (Wildman–Crippen LogP) is 2.48. The van der Waals surface area contributed by atoms with Gasteiger partial charge in [-0.05, 0) is 44.4 Å². The lowest BCUT2D eigenvalue weighted by Crippen LogP contribution is -2.46. The average Bonchev–Trinajstić information content (AvgIpc) is 2.89. The van der Waals surface area contributed by atoms with Crippen LogP contribution in [0.4, 0.5) is 0 Å². The molecule has 0 bridgehead atoms. The van der Waals surface area contributed by atoms with Crippen molar-refractivity contribution in [2.75, 3.05) is 6.54 Å². The van der Waals surface area contributed by atoms with Gasteiger partial charge in [-0.15, -0.1) is 0 Å². The van der Waals surface area contributed by atoms with Gasteiger partial charge in [-0.2, -0.15) is 0 Å². The number of allylic oxidation sites excluding steroid dienone is 2. The Morgan fingerprint density at radius 1 is 1.29 bits per heavy atom. The fourth-order valence-electron chi connectivity index (χ4n) is 3.73. The van der Waals surface area contributed by atoms with Crippen LogP contribution in [-0.4, -0.2) is 29.3 Å². The number of hydrogen-bond acceptors (Lipinski definition) is 2. The average molecular weight is 292 g/mol. The topological polar surface area (TPSA) is 63.4 Å². The van der Waals surface area contributed by atoms with Crippen molar-refractivity contribution in [1.82, 2.24) is 4.90 Å². The van der Waals surface area contributed by atoms with Gasteiger partial charge in [-0.1, -0.05) is 25.5 Å². The zero-order valence-corrected chi connectivity index (χ0v) is 13.7. The molecule has 2 N–H and O–H groups in total. The molecule has 3 atom stereocenters. The Kier molecular flexibility index (Phi) is 4.45. The molecule has 1 aliphatic carbocycles. The van der Waals surface area contributed by atoms with E-state index in [1.54, 1.807) is 0 Å². The van der Waals surface area contributed by atoms with E-state index in [0.717, 1.165) is 25.8 Å². The first-order valence-electron chi connectivity index (χ1n) is 7.99. The molecule has 0 spiro atoms. The van der Waals surface area contributed by atoms with Crippen molar-refractivity contribution in [2.24, 2.45) is 23.0 Å². The van der Waals surface area contributed by atoms with Crippen LogP contribution in [0.3, 0.4) is 0 Å². The van der Waals surface area contributed by atoms with Crippen LogP contribution in [0.25, 0.3) is 0 Å². The largest absolute Gasteiger partial charge is 0.370 e. The summed E-state index contributed by atoms with van der Waals surface area (Å²) in [5, 5.41) is 0. The maximum Gasteiger partial charge on any atom is 0.227 e. The molecular formula is C17H28N2O2. The SMILES string of the molecule is CC(C)=C[C@@H]1[C@H](C(=O)N2CCCC[C@H]2CC(N)=O)C1(C)C. The number of nitrogens with two attached hydrogens (primary N) is 1. The number of hydrogen-bond donors (Lipinski definition) is 1. The van der Waals surface area contributed by atoms with Gasteiger partial charge in [0.1, 0.15) is 0 Å². The van der Waals surface area contributed by atoms with Crippen LogP contribution < -0.4 is 5.73 Å². The third kappa shape index (κ3) is 3.30. The second-order valence-corrected chi connectivity index (χ2v) is 7.42. The van der Waals surface area contributed by atoms with Crippen molar-refractivity contribution in [3.8, 4) is 0 Å². The predicted molar refractivity (Wildman–Crippen MR) is 83.4 cm³/mol. The lowest BCUT2D eigenvalue weighted by Gasteiger charge is -2.35. The first-order valence-corrected chi connectivity index (χ1v) is 7.99. The van der Waals surface area contributed by atoms with Gasteiger partial charge in [0, 0.05) is 19.0 Å². The standard InChI is InChI=1S/C17H28N2O2/c1-11(2)9-13-15(17(13,3)4)16(21)19-8-6-5-7-12(19)10-14(18)20/h9,12-13,15H,5-8,10H2,1-4H3,(H2,18,20)/t12-,13+,15+/m0/s1. The maximum absolute atomic E-state index is 12.9. The monoisotopic (exact) mass is 292 g/mol. The molecule has 0 aromatic heterocycles. The molecule has 21 heavy (non-hydrogen) atoms. The van der Waals surface area contributed by atoms with Gasteiger partial charge < -0.3 is 10.6 Å². The lowest BCUT2D eigenvalue weighted by atomic mass is 9.97. The molecule has 0 aromatic carbocycles. The number of amides is 2. The quantitative estimate of drug-likeness (QED) is 0.809. The van der Waals surface area contributed by atoms with Crippen LogP contribution in [-0.2, 0) is 9.59 Å². The van der Waals surface area contributed by atoms with E-state index in [2.05, 4.69) is 33.8 Å². The van der Waals surface area contributed by atoms with Gasteiger partial charge in [0.05, 0.1) is 5.92 Å². The summed E-state index contributed by atoms with van der Waals surface area (Å²) in [6.45, 7) is 9.24. The molecule has 2 amide bonds. The molecule has 0 radical (unpaired) electrons. The molecule has 118 valence electrons. The van der Waals surface area contributed by atoms with Gasteiger partial charge in [-0.25, -0.2) is 0 Å². The minimum Gasteiger partial charge on any atom is -0.370 e. The molecule has 1 saturated carbocycles. The van der Waals surface area contributed by atoms with E-state index in [0.29, 0.717) is 12.3 Å². The van der Waals surface area contributed by atoms with E-state index in [9.17, 15) is 9.59 Å². The third-order valence-electron chi connectivity index (χ3n) is 5.04. The summed E-state index contributed by atoms with van der Waals surface area (Å²) in [4.78, 5) is 26.1. The second-order valence-electron chi connectivity index (χ2n) is 7.42. The summed E-state index contributed by atoms with van der Waals surface area (Å²) in [5.41, 5.74) is 6.63. The summed E-state index contributed by atoms with van der Waals surface area (Å²) in [5.74, 6) is 0.288. The summed E-state index contributed by atoms with van der Waals surface area (Å²) in [7, 11) is 0. The molecule has 4 nitrogen and oxygen atoms in total. The number of carbonyl (C=O) groups excluding carboxylic acids is 2. The van der Waals surface area contributed by atoms with E-state index < -0.39 is 0 Å². The minimum absolute atomic E-state index is 0.00695. The highest BCUT2D eigenvalue weighted by Gasteiger charge is 2.61. The molecule has 1 heterocycles. The smallest absolute Gasteiger partial charge is 0.227 e. The molecule has 1 saturated heterocycles. The summed E-state index contributed by atoms with van der Waals surface area (Å²) >= 11 is 0. The number of primary amides is 1. The Morgan fingerprint density at radius 3 is 2.52 bits per heavy atom. The van der Waals surface area contributed by atoms with Crippen molar-refractivity contribution in [2.45, 2.75) is 59.4 Å². The Balaban J connectivity index is 2.11. The first-order chi connectivity index (χ1) is 9.75. The summed E-state index contributed by atoms with van der Waals surface area (Å²) < 4.78 is 0. The van der Waals surface area contributed by atoms with Crippen molar-refractivity contribution in [3.63, 3.8) is 0 Å². The van der Waals surface area contributed by atoms with Crippen LogP contribution in [0, 0.1) is 17.3 Å². The van der Waals surface area contributed by atoms with Gasteiger partial charge in [0.25, 0.3) is 0 Å². The molecule has 0 aromatic rings. The first kappa shape index (κ1) is 16.1. The number of rotatable bonds is 4. The van der Waals surface area contributed by atoms with Gasteiger partial charge in [0.15, 0.2) is 0 Å².